The summed E-state index contributed by atoms with van der Waals surface area (Å²) in [5.74, 6) is -0.585. The monoisotopic (exact) mass is 496 g/mol. The predicted octanol–water partition coefficient (Wildman–Crippen LogP) is 3.26. The van der Waals surface area contributed by atoms with Gasteiger partial charge < -0.3 is 14.8 Å². The number of amides is 1. The van der Waals surface area contributed by atoms with Crippen LogP contribution < -0.4 is 14.8 Å². The van der Waals surface area contributed by atoms with Gasteiger partial charge in [-0.2, -0.15) is 0 Å². The quantitative estimate of drug-likeness (QED) is 0.322. The van der Waals surface area contributed by atoms with Crippen molar-refractivity contribution < 1.29 is 27.5 Å². The number of carbonyl (C=O) groups is 2. The van der Waals surface area contributed by atoms with Crippen LogP contribution in [0.5, 0.6) is 5.75 Å². The molecule has 0 aliphatic carbocycles. The van der Waals surface area contributed by atoms with Crippen molar-refractivity contribution in [3.8, 4) is 5.75 Å². The number of rotatable bonds is 10. The molecule has 0 radical (unpaired) electrons. The van der Waals surface area contributed by atoms with Crippen LogP contribution in [0.1, 0.15) is 19.4 Å². The van der Waals surface area contributed by atoms with Crippen molar-refractivity contribution in [1.82, 2.24) is 9.97 Å². The first-order chi connectivity index (χ1) is 16.8. The second-order valence-electron chi connectivity index (χ2n) is 7.11. The third-order valence-electron chi connectivity index (χ3n) is 4.49. The molecule has 3 aromatic rings. The fourth-order valence-electron chi connectivity index (χ4n) is 2.77. The number of carbonyl (C=O) groups excluding carboxylic acids is 2. The highest BCUT2D eigenvalue weighted by atomic mass is 32.2. The van der Waals surface area contributed by atoms with Crippen LogP contribution in [0, 0.1) is 0 Å². The van der Waals surface area contributed by atoms with Gasteiger partial charge in [-0.15, -0.1) is 0 Å². The van der Waals surface area contributed by atoms with Gasteiger partial charge in [0.25, 0.3) is 15.9 Å². The molecule has 0 saturated heterocycles. The summed E-state index contributed by atoms with van der Waals surface area (Å²) in [6.07, 6.45) is 4.53. The van der Waals surface area contributed by atoms with Crippen molar-refractivity contribution in [2.45, 2.75) is 24.8 Å². The summed E-state index contributed by atoms with van der Waals surface area (Å²) in [4.78, 5) is 32.0. The van der Waals surface area contributed by atoms with Crippen molar-refractivity contribution in [2.24, 2.45) is 0 Å². The second kappa shape index (κ2) is 11.7. The summed E-state index contributed by atoms with van der Waals surface area (Å²) in [6.45, 7) is 3.88. The minimum atomic E-state index is -3.90. The standard InChI is InChI=1S/C24H24N4O6S/c1-3-33-20-10-5-18(6-11-20)7-14-22(29)34-17(2)23(30)27-19-8-12-21(13-9-19)35(31,32)28-24-25-15-4-16-26-24/h4-17H,3H2,1-2H3,(H,27,30)(H,25,26,28)/b14-7+. The number of aromatic nitrogens is 2. The molecule has 2 N–H and O–H groups in total. The van der Waals surface area contributed by atoms with Crippen LogP contribution in [-0.4, -0.2) is 43.0 Å². The first-order valence-corrected chi connectivity index (χ1v) is 12.1. The number of nitrogens with one attached hydrogen (secondary N) is 2. The van der Waals surface area contributed by atoms with E-state index < -0.39 is 28.0 Å². The zero-order valence-electron chi connectivity index (χ0n) is 19.0. The second-order valence-corrected chi connectivity index (χ2v) is 8.79. The predicted molar refractivity (Wildman–Crippen MR) is 130 cm³/mol. The van der Waals surface area contributed by atoms with E-state index >= 15 is 0 Å². The molecule has 0 saturated carbocycles. The van der Waals surface area contributed by atoms with E-state index in [-0.39, 0.29) is 10.8 Å². The lowest BCUT2D eigenvalue weighted by Crippen LogP contribution is -2.29. The maximum Gasteiger partial charge on any atom is 0.331 e. The van der Waals surface area contributed by atoms with E-state index in [4.69, 9.17) is 9.47 Å². The van der Waals surface area contributed by atoms with Crippen LogP contribution in [0.15, 0.2) is 78.0 Å². The van der Waals surface area contributed by atoms with Crippen LogP contribution in [0.4, 0.5) is 11.6 Å². The molecule has 1 unspecified atom stereocenters. The zero-order valence-corrected chi connectivity index (χ0v) is 19.9. The highest BCUT2D eigenvalue weighted by Crippen LogP contribution is 2.17. The summed E-state index contributed by atoms with van der Waals surface area (Å²) < 4.78 is 37.6. The molecule has 3 rings (SSSR count). The average Bonchev–Trinajstić information content (AvgIpc) is 2.84. The van der Waals surface area contributed by atoms with Gasteiger partial charge in [-0.05, 0) is 68.0 Å². The Morgan fingerprint density at radius 1 is 1.03 bits per heavy atom. The topological polar surface area (TPSA) is 137 Å². The third-order valence-corrected chi connectivity index (χ3v) is 5.83. The van der Waals surface area contributed by atoms with E-state index in [1.54, 1.807) is 36.4 Å². The molecule has 0 aliphatic rings. The largest absolute Gasteiger partial charge is 0.494 e. The number of ether oxygens (including phenoxy) is 2. The fourth-order valence-corrected chi connectivity index (χ4v) is 3.72. The lowest BCUT2D eigenvalue weighted by atomic mass is 10.2. The van der Waals surface area contributed by atoms with Gasteiger partial charge in [0, 0.05) is 24.2 Å². The molecule has 0 aliphatic heterocycles. The Balaban J connectivity index is 1.52. The van der Waals surface area contributed by atoms with Crippen LogP contribution in [-0.2, 0) is 24.3 Å². The number of anilines is 2. The summed E-state index contributed by atoms with van der Waals surface area (Å²) in [7, 11) is -3.90. The van der Waals surface area contributed by atoms with Gasteiger partial charge in [0.1, 0.15) is 5.75 Å². The van der Waals surface area contributed by atoms with Gasteiger partial charge in [0.05, 0.1) is 11.5 Å². The molecule has 182 valence electrons. The lowest BCUT2D eigenvalue weighted by molar-refractivity contribution is -0.148. The minimum Gasteiger partial charge on any atom is -0.494 e. The number of hydrogen-bond acceptors (Lipinski definition) is 8. The minimum absolute atomic E-state index is 0.0399. The van der Waals surface area contributed by atoms with Gasteiger partial charge in [-0.25, -0.2) is 27.9 Å². The van der Waals surface area contributed by atoms with E-state index in [0.29, 0.717) is 12.3 Å². The van der Waals surface area contributed by atoms with Crippen LogP contribution in [0.25, 0.3) is 6.08 Å². The Labute approximate surface area is 203 Å². The summed E-state index contributed by atoms with van der Waals surface area (Å²) in [5, 5.41) is 2.57. The third kappa shape index (κ3) is 7.64. The van der Waals surface area contributed by atoms with E-state index in [1.165, 1.54) is 49.7 Å². The number of hydrogen-bond donors (Lipinski definition) is 2. The molecule has 0 fully saturated rings. The molecule has 11 heteroatoms. The Morgan fingerprint density at radius 2 is 1.69 bits per heavy atom. The molecule has 0 bridgehead atoms. The van der Waals surface area contributed by atoms with Gasteiger partial charge in [0.15, 0.2) is 6.10 Å². The lowest BCUT2D eigenvalue weighted by Gasteiger charge is -2.13. The van der Waals surface area contributed by atoms with Gasteiger partial charge in [0.2, 0.25) is 5.95 Å². The van der Waals surface area contributed by atoms with Crippen molar-refractivity contribution in [3.05, 3.63) is 78.6 Å². The summed E-state index contributed by atoms with van der Waals surface area (Å²) in [6, 6.07) is 14.2. The van der Waals surface area contributed by atoms with Gasteiger partial charge >= 0.3 is 5.97 Å². The zero-order chi connectivity index (χ0) is 25.3. The van der Waals surface area contributed by atoms with E-state index in [9.17, 15) is 18.0 Å². The van der Waals surface area contributed by atoms with Crippen molar-refractivity contribution >= 4 is 39.6 Å². The average molecular weight is 497 g/mol. The molecule has 1 heterocycles. The molecule has 35 heavy (non-hydrogen) atoms. The highest BCUT2D eigenvalue weighted by Gasteiger charge is 2.18. The van der Waals surface area contributed by atoms with Crippen molar-refractivity contribution in [3.63, 3.8) is 0 Å². The van der Waals surface area contributed by atoms with Crippen molar-refractivity contribution in [1.29, 1.82) is 0 Å². The molecule has 10 nitrogen and oxygen atoms in total. The Bertz CT molecular complexity index is 1280. The summed E-state index contributed by atoms with van der Waals surface area (Å²) >= 11 is 0. The first-order valence-electron chi connectivity index (χ1n) is 10.6. The molecular weight excluding hydrogens is 472 g/mol. The first kappa shape index (κ1) is 25.4. The molecule has 2 aromatic carbocycles. The SMILES string of the molecule is CCOc1ccc(/C=C/C(=O)OC(C)C(=O)Nc2ccc(S(=O)(=O)Nc3ncccn3)cc2)cc1. The molecule has 1 atom stereocenters. The molecule has 1 aromatic heterocycles. The summed E-state index contributed by atoms with van der Waals surface area (Å²) in [5.41, 5.74) is 1.10. The van der Waals surface area contributed by atoms with Crippen LogP contribution in [0.2, 0.25) is 0 Å². The van der Waals surface area contributed by atoms with Crippen LogP contribution in [0.3, 0.4) is 0 Å². The highest BCUT2D eigenvalue weighted by molar-refractivity contribution is 7.92. The fraction of sp³-hybridized carbons (Fsp3) is 0.167. The number of nitrogens with zero attached hydrogens (tertiary/aromatic N) is 2. The molecule has 1 amide bonds. The maximum absolute atomic E-state index is 12.4. The number of benzene rings is 2. The van der Waals surface area contributed by atoms with E-state index in [0.717, 1.165) is 11.3 Å². The van der Waals surface area contributed by atoms with Gasteiger partial charge in [-0.3, -0.25) is 4.79 Å². The van der Waals surface area contributed by atoms with Gasteiger partial charge in [-0.1, -0.05) is 12.1 Å². The van der Waals surface area contributed by atoms with Crippen LogP contribution >= 0.6 is 0 Å². The maximum atomic E-state index is 12.4. The smallest absolute Gasteiger partial charge is 0.331 e. The molecular formula is C24H24N4O6S. The Morgan fingerprint density at radius 3 is 2.31 bits per heavy atom. The number of sulfonamides is 1. The van der Waals surface area contributed by atoms with Crippen molar-refractivity contribution in [2.75, 3.05) is 16.6 Å². The normalized spacial score (nSPS) is 12.1. The number of esters is 1. The van der Waals surface area contributed by atoms with E-state index in [2.05, 4.69) is 20.0 Å². The Kier molecular flexibility index (Phi) is 8.52. The Hall–Kier alpha value is -4.25. The van der Waals surface area contributed by atoms with E-state index in [1.807, 2.05) is 6.92 Å². The molecule has 0 spiro atoms.